The zero-order valence-electron chi connectivity index (χ0n) is 16.1. The van der Waals surface area contributed by atoms with E-state index < -0.39 is 0 Å². The van der Waals surface area contributed by atoms with Crippen molar-refractivity contribution in [3.63, 3.8) is 0 Å². The summed E-state index contributed by atoms with van der Waals surface area (Å²) in [7, 11) is 0. The quantitative estimate of drug-likeness (QED) is 0.494. The number of nitrogens with zero attached hydrogens (tertiary/aromatic N) is 4. The van der Waals surface area contributed by atoms with Gasteiger partial charge in [-0.25, -0.2) is 19.9 Å². The van der Waals surface area contributed by atoms with Gasteiger partial charge in [0.05, 0.1) is 19.0 Å². The Bertz CT molecular complexity index is 814. The molecule has 1 aromatic carbocycles. The second kappa shape index (κ2) is 9.76. The first-order valence-corrected chi connectivity index (χ1v) is 9.66. The van der Waals surface area contributed by atoms with Crippen molar-refractivity contribution in [1.82, 2.24) is 19.9 Å². The molecule has 3 rings (SSSR count). The zero-order chi connectivity index (χ0) is 18.9. The van der Waals surface area contributed by atoms with Gasteiger partial charge >= 0.3 is 0 Å². The molecule has 0 atom stereocenters. The molecule has 0 unspecified atom stereocenters. The van der Waals surface area contributed by atoms with E-state index in [9.17, 15) is 0 Å². The van der Waals surface area contributed by atoms with Gasteiger partial charge in [0.2, 0.25) is 0 Å². The lowest BCUT2D eigenvalue weighted by Crippen LogP contribution is -1.97. The lowest BCUT2D eigenvalue weighted by Gasteiger charge is -2.06. The number of rotatable bonds is 9. The van der Waals surface area contributed by atoms with Gasteiger partial charge in [-0.15, -0.1) is 0 Å². The Balaban J connectivity index is 1.66. The van der Waals surface area contributed by atoms with E-state index in [0.29, 0.717) is 18.2 Å². The minimum atomic E-state index is 0.677. The van der Waals surface area contributed by atoms with Crippen molar-refractivity contribution in [1.29, 1.82) is 0 Å². The van der Waals surface area contributed by atoms with Crippen molar-refractivity contribution in [2.75, 3.05) is 6.61 Å². The first kappa shape index (κ1) is 19.0. The van der Waals surface area contributed by atoms with Crippen LogP contribution in [0.5, 0.6) is 5.75 Å². The minimum Gasteiger partial charge on any atom is -0.490 e. The predicted octanol–water partition coefficient (Wildman–Crippen LogP) is 5.12. The average molecular weight is 362 g/mol. The van der Waals surface area contributed by atoms with Gasteiger partial charge in [-0.2, -0.15) is 0 Å². The minimum absolute atomic E-state index is 0.677. The molecule has 0 spiro atoms. The fourth-order valence-corrected chi connectivity index (χ4v) is 2.74. The van der Waals surface area contributed by atoms with Crippen LogP contribution in [0.25, 0.3) is 22.5 Å². The number of benzene rings is 1. The van der Waals surface area contributed by atoms with Gasteiger partial charge in [-0.3, -0.25) is 0 Å². The number of aryl methyl sites for hydroxylation is 1. The van der Waals surface area contributed by atoms with E-state index in [0.717, 1.165) is 41.8 Å². The van der Waals surface area contributed by atoms with E-state index in [1.165, 1.54) is 12.8 Å². The van der Waals surface area contributed by atoms with Crippen LogP contribution in [0.15, 0.2) is 49.1 Å². The molecule has 2 aromatic heterocycles. The largest absolute Gasteiger partial charge is 0.490 e. The van der Waals surface area contributed by atoms with Gasteiger partial charge in [-0.05, 0) is 18.4 Å². The molecule has 0 saturated carbocycles. The highest BCUT2D eigenvalue weighted by atomic mass is 16.5. The van der Waals surface area contributed by atoms with Gasteiger partial charge in [-0.1, -0.05) is 51.0 Å². The summed E-state index contributed by atoms with van der Waals surface area (Å²) in [6.45, 7) is 4.95. The lowest BCUT2D eigenvalue weighted by molar-refractivity contribution is 0.315. The Hall–Kier alpha value is -2.82. The molecule has 0 aliphatic carbocycles. The van der Waals surface area contributed by atoms with Gasteiger partial charge in [0.15, 0.2) is 11.6 Å². The van der Waals surface area contributed by atoms with E-state index in [-0.39, 0.29) is 0 Å². The van der Waals surface area contributed by atoms with E-state index in [1.54, 1.807) is 12.4 Å². The van der Waals surface area contributed by atoms with Crippen LogP contribution in [-0.4, -0.2) is 26.5 Å². The van der Waals surface area contributed by atoms with Crippen LogP contribution in [0.1, 0.15) is 45.4 Å². The molecule has 0 N–H and O–H groups in total. The molecule has 5 nitrogen and oxygen atoms in total. The highest BCUT2D eigenvalue weighted by Gasteiger charge is 2.05. The van der Waals surface area contributed by atoms with Gasteiger partial charge in [0.1, 0.15) is 5.82 Å². The van der Waals surface area contributed by atoms with Crippen LogP contribution < -0.4 is 4.74 Å². The lowest BCUT2D eigenvalue weighted by atomic mass is 10.1. The molecule has 2 heterocycles. The second-order valence-corrected chi connectivity index (χ2v) is 6.51. The van der Waals surface area contributed by atoms with Crippen molar-refractivity contribution in [3.8, 4) is 28.3 Å². The highest BCUT2D eigenvalue weighted by molar-refractivity contribution is 5.66. The third-order valence-corrected chi connectivity index (χ3v) is 4.29. The van der Waals surface area contributed by atoms with Crippen LogP contribution in [0.2, 0.25) is 0 Å². The first-order valence-electron chi connectivity index (χ1n) is 9.66. The summed E-state index contributed by atoms with van der Waals surface area (Å²) < 4.78 is 5.52. The maximum absolute atomic E-state index is 5.52. The van der Waals surface area contributed by atoms with Crippen molar-refractivity contribution < 1.29 is 4.74 Å². The third kappa shape index (κ3) is 5.33. The van der Waals surface area contributed by atoms with Gasteiger partial charge < -0.3 is 4.74 Å². The molecule has 0 aliphatic heterocycles. The first-order chi connectivity index (χ1) is 13.3. The SMILES string of the molecule is CCCCCc1ncc(-c2ccc(-c3ncc(OCCC)cn3)cc2)cn1. The Morgan fingerprint density at radius 2 is 1.37 bits per heavy atom. The van der Waals surface area contributed by atoms with Crippen LogP contribution in [-0.2, 0) is 6.42 Å². The molecule has 0 aliphatic rings. The summed E-state index contributed by atoms with van der Waals surface area (Å²) in [6, 6.07) is 8.14. The normalized spacial score (nSPS) is 10.7. The molecule has 3 aromatic rings. The fraction of sp³-hybridized carbons (Fsp3) is 0.364. The number of unbranched alkanes of at least 4 members (excludes halogenated alkanes) is 2. The third-order valence-electron chi connectivity index (χ3n) is 4.29. The smallest absolute Gasteiger partial charge is 0.159 e. The zero-order valence-corrected chi connectivity index (χ0v) is 16.1. The van der Waals surface area contributed by atoms with Crippen LogP contribution >= 0.6 is 0 Å². The molecule has 140 valence electrons. The highest BCUT2D eigenvalue weighted by Crippen LogP contribution is 2.23. The number of ether oxygens (including phenoxy) is 1. The molecule has 27 heavy (non-hydrogen) atoms. The van der Waals surface area contributed by atoms with Gasteiger partial charge in [0, 0.05) is 29.9 Å². The average Bonchev–Trinajstić information content (AvgIpc) is 2.73. The Labute approximate surface area is 160 Å². The van der Waals surface area contributed by atoms with E-state index in [1.807, 2.05) is 24.5 Å². The van der Waals surface area contributed by atoms with Crippen molar-refractivity contribution in [2.24, 2.45) is 0 Å². The summed E-state index contributed by atoms with van der Waals surface area (Å²) >= 11 is 0. The summed E-state index contributed by atoms with van der Waals surface area (Å²) in [5.74, 6) is 2.31. The maximum Gasteiger partial charge on any atom is 0.159 e. The molecule has 0 radical (unpaired) electrons. The van der Waals surface area contributed by atoms with E-state index >= 15 is 0 Å². The molecular weight excluding hydrogens is 336 g/mol. The molecule has 0 saturated heterocycles. The van der Waals surface area contributed by atoms with Gasteiger partial charge in [0.25, 0.3) is 0 Å². The number of aromatic nitrogens is 4. The molecule has 0 fully saturated rings. The molecule has 0 bridgehead atoms. The maximum atomic E-state index is 5.52. The molecule has 0 amide bonds. The summed E-state index contributed by atoms with van der Waals surface area (Å²) in [5, 5.41) is 0. The van der Waals surface area contributed by atoms with Crippen molar-refractivity contribution in [2.45, 2.75) is 46.0 Å². The number of hydrogen-bond acceptors (Lipinski definition) is 5. The predicted molar refractivity (Wildman–Crippen MR) is 108 cm³/mol. The summed E-state index contributed by atoms with van der Waals surface area (Å²) in [6.07, 6.45) is 12.7. The Morgan fingerprint density at radius 3 is 2.00 bits per heavy atom. The van der Waals surface area contributed by atoms with Crippen LogP contribution in [0.3, 0.4) is 0 Å². The Kier molecular flexibility index (Phi) is 6.85. The van der Waals surface area contributed by atoms with Crippen LogP contribution in [0, 0.1) is 0 Å². The molecule has 5 heteroatoms. The van der Waals surface area contributed by atoms with Crippen molar-refractivity contribution in [3.05, 3.63) is 54.9 Å². The van der Waals surface area contributed by atoms with E-state index in [2.05, 4.69) is 45.9 Å². The van der Waals surface area contributed by atoms with E-state index in [4.69, 9.17) is 4.74 Å². The standard InChI is InChI=1S/C22H26N4O/c1-3-5-6-7-21-23-13-19(14-24-21)17-8-10-18(11-9-17)22-25-15-20(16-26-22)27-12-4-2/h8-11,13-16H,3-7,12H2,1-2H3. The monoisotopic (exact) mass is 362 g/mol. The second-order valence-electron chi connectivity index (χ2n) is 6.51. The topological polar surface area (TPSA) is 60.8 Å². The summed E-state index contributed by atoms with van der Waals surface area (Å²) in [5.41, 5.74) is 3.07. The van der Waals surface area contributed by atoms with Crippen LogP contribution in [0.4, 0.5) is 0 Å². The van der Waals surface area contributed by atoms with Crippen molar-refractivity contribution >= 4 is 0 Å². The Morgan fingerprint density at radius 1 is 0.704 bits per heavy atom. The summed E-state index contributed by atoms with van der Waals surface area (Å²) in [4.78, 5) is 17.8. The fourth-order valence-electron chi connectivity index (χ4n) is 2.74. The molecular formula is C22H26N4O. The number of hydrogen-bond donors (Lipinski definition) is 0.